The first-order valence-corrected chi connectivity index (χ1v) is 13.0. The maximum atomic E-state index is 14.1. The fraction of sp³-hybridized carbons (Fsp3) is 0.276. The second kappa shape index (κ2) is 11.2. The number of hydrogen-bond donors (Lipinski definition) is 0. The Bertz CT molecular complexity index is 1440. The average molecular weight is 520 g/mol. The van der Waals surface area contributed by atoms with Gasteiger partial charge in [-0.05, 0) is 36.4 Å². The molecule has 8 heteroatoms. The molecule has 0 spiro atoms. The van der Waals surface area contributed by atoms with E-state index < -0.39 is 0 Å². The molecule has 0 saturated carbocycles. The largest absolute Gasteiger partial charge is 0.493 e. The number of fused-ring (bicyclic) bond motifs is 1. The van der Waals surface area contributed by atoms with Crippen LogP contribution in [0.15, 0.2) is 60.0 Å². The summed E-state index contributed by atoms with van der Waals surface area (Å²) in [6.07, 6.45) is 1.73. The van der Waals surface area contributed by atoms with Gasteiger partial charge in [0.15, 0.2) is 23.1 Å². The van der Waals surface area contributed by atoms with Crippen LogP contribution in [0.25, 0.3) is 21.3 Å². The number of ketones is 2. The topological polar surface area (TPSA) is 74.7 Å². The van der Waals surface area contributed by atoms with Crippen LogP contribution < -0.4 is 9.47 Å². The number of pyridine rings is 1. The van der Waals surface area contributed by atoms with Crippen LogP contribution in [-0.2, 0) is 4.74 Å². The molecule has 0 unspecified atom stereocenters. The SMILES string of the molecule is COc1cc(C(=O)CCC(=O)c2cccc(-c3csc4c(F)cccc34)n2)ccc1OC1CCOCC1. The summed E-state index contributed by atoms with van der Waals surface area (Å²) in [6.45, 7) is 1.33. The van der Waals surface area contributed by atoms with Crippen LogP contribution in [0.5, 0.6) is 11.5 Å². The Kier molecular flexibility index (Phi) is 7.58. The number of carbonyl (C=O) groups is 2. The first-order valence-electron chi connectivity index (χ1n) is 12.2. The van der Waals surface area contributed by atoms with Gasteiger partial charge in [-0.2, -0.15) is 0 Å². The molecular formula is C29H26FNO5S. The van der Waals surface area contributed by atoms with E-state index in [0.717, 1.165) is 23.8 Å². The molecule has 4 aromatic rings. The standard InChI is InChI=1S/C29H26FNO5S/c1-34-28-16-18(8-11-27(28)36-19-12-14-35-15-13-19)25(32)9-10-26(33)24-7-3-6-23(31-24)21-17-37-29-20(21)4-2-5-22(29)30/h2-8,11,16-17,19H,9-10,12-15H2,1H3. The molecule has 2 aromatic carbocycles. The van der Waals surface area contributed by atoms with Crippen molar-refractivity contribution in [1.82, 2.24) is 4.98 Å². The molecule has 5 rings (SSSR count). The van der Waals surface area contributed by atoms with Crippen LogP contribution in [0.3, 0.4) is 0 Å². The zero-order valence-electron chi connectivity index (χ0n) is 20.4. The molecule has 1 saturated heterocycles. The minimum Gasteiger partial charge on any atom is -0.493 e. The van der Waals surface area contributed by atoms with Crippen LogP contribution >= 0.6 is 11.3 Å². The number of Topliss-reactive ketones (excluding diaryl/α,β-unsaturated/α-hetero) is 2. The van der Waals surface area contributed by atoms with E-state index in [2.05, 4.69) is 4.98 Å². The molecule has 0 N–H and O–H groups in total. The molecule has 1 aliphatic heterocycles. The van der Waals surface area contributed by atoms with Crippen molar-refractivity contribution in [2.75, 3.05) is 20.3 Å². The minimum absolute atomic E-state index is 0.0247. The van der Waals surface area contributed by atoms with Crippen LogP contribution in [0, 0.1) is 5.82 Å². The molecule has 190 valence electrons. The predicted octanol–water partition coefficient (Wildman–Crippen LogP) is 6.51. The Morgan fingerprint density at radius 2 is 1.81 bits per heavy atom. The molecule has 6 nitrogen and oxygen atoms in total. The van der Waals surface area contributed by atoms with Crippen molar-refractivity contribution < 1.29 is 28.2 Å². The monoisotopic (exact) mass is 519 g/mol. The molecule has 1 fully saturated rings. The highest BCUT2D eigenvalue weighted by atomic mass is 32.1. The van der Waals surface area contributed by atoms with Gasteiger partial charge in [-0.1, -0.05) is 18.2 Å². The van der Waals surface area contributed by atoms with Crippen molar-refractivity contribution in [3.63, 3.8) is 0 Å². The summed E-state index contributed by atoms with van der Waals surface area (Å²) in [5.74, 6) is 0.396. The normalized spacial score (nSPS) is 14.0. The number of methoxy groups -OCH3 is 1. The van der Waals surface area contributed by atoms with E-state index >= 15 is 0 Å². The van der Waals surface area contributed by atoms with Gasteiger partial charge in [0.1, 0.15) is 17.6 Å². The Labute approximate surface area is 218 Å². The number of carbonyl (C=O) groups excluding carboxylic acids is 2. The zero-order valence-corrected chi connectivity index (χ0v) is 21.2. The van der Waals surface area contributed by atoms with Crippen LogP contribution in [-0.4, -0.2) is 43.0 Å². The van der Waals surface area contributed by atoms with Crippen LogP contribution in [0.4, 0.5) is 4.39 Å². The molecule has 0 bridgehead atoms. The Balaban J connectivity index is 1.25. The van der Waals surface area contributed by atoms with Gasteiger partial charge in [0.05, 0.1) is 30.7 Å². The van der Waals surface area contributed by atoms with Gasteiger partial charge >= 0.3 is 0 Å². The van der Waals surface area contributed by atoms with E-state index in [1.807, 2.05) is 11.4 Å². The molecule has 0 atom stereocenters. The highest BCUT2D eigenvalue weighted by molar-refractivity contribution is 7.17. The van der Waals surface area contributed by atoms with Gasteiger partial charge in [0.2, 0.25) is 0 Å². The fourth-order valence-corrected chi connectivity index (χ4v) is 5.34. The first kappa shape index (κ1) is 25.0. The van der Waals surface area contributed by atoms with Crippen LogP contribution in [0.2, 0.25) is 0 Å². The second-order valence-electron chi connectivity index (χ2n) is 8.82. The third-order valence-electron chi connectivity index (χ3n) is 6.39. The van der Waals surface area contributed by atoms with Crippen molar-refractivity contribution in [2.24, 2.45) is 0 Å². The van der Waals surface area contributed by atoms with Gasteiger partial charge in [-0.3, -0.25) is 9.59 Å². The number of rotatable bonds is 9. The summed E-state index contributed by atoms with van der Waals surface area (Å²) >= 11 is 1.31. The highest BCUT2D eigenvalue weighted by Gasteiger charge is 2.20. The number of benzene rings is 2. The van der Waals surface area contributed by atoms with Gasteiger partial charge in [-0.25, -0.2) is 9.37 Å². The lowest BCUT2D eigenvalue weighted by Crippen LogP contribution is -2.26. The number of ether oxygens (including phenoxy) is 3. The molecule has 0 aliphatic carbocycles. The third-order valence-corrected chi connectivity index (χ3v) is 7.39. The summed E-state index contributed by atoms with van der Waals surface area (Å²) in [5, 5.41) is 2.60. The van der Waals surface area contributed by atoms with Crippen molar-refractivity contribution in [2.45, 2.75) is 31.8 Å². The molecule has 0 amide bonds. The maximum absolute atomic E-state index is 14.1. The lowest BCUT2D eigenvalue weighted by Gasteiger charge is -2.24. The molecular weight excluding hydrogens is 493 g/mol. The summed E-state index contributed by atoms with van der Waals surface area (Å²) in [7, 11) is 1.54. The number of hydrogen-bond acceptors (Lipinski definition) is 7. The zero-order chi connectivity index (χ0) is 25.8. The molecule has 2 aromatic heterocycles. The highest BCUT2D eigenvalue weighted by Crippen LogP contribution is 2.35. The molecule has 1 aliphatic rings. The average Bonchev–Trinajstić information content (AvgIpc) is 3.38. The van der Waals surface area contributed by atoms with Gasteiger partial charge in [0, 0.05) is 47.6 Å². The summed E-state index contributed by atoms with van der Waals surface area (Å²) < 4.78 is 31.5. The van der Waals surface area contributed by atoms with Crippen molar-refractivity contribution in [3.8, 4) is 22.8 Å². The lowest BCUT2D eigenvalue weighted by atomic mass is 10.0. The second-order valence-corrected chi connectivity index (χ2v) is 9.70. The predicted molar refractivity (Wildman–Crippen MR) is 140 cm³/mol. The Morgan fingerprint density at radius 3 is 2.62 bits per heavy atom. The van der Waals surface area contributed by atoms with E-state index in [1.165, 1.54) is 24.5 Å². The summed E-state index contributed by atoms with van der Waals surface area (Å²) in [6, 6.07) is 15.2. The Hall–Kier alpha value is -3.62. The van der Waals surface area contributed by atoms with Crippen LogP contribution in [0.1, 0.15) is 46.5 Å². The molecule has 0 radical (unpaired) electrons. The minimum atomic E-state index is -0.278. The van der Waals surface area contributed by atoms with Crippen molar-refractivity contribution in [1.29, 1.82) is 0 Å². The lowest BCUT2D eigenvalue weighted by molar-refractivity contribution is 0.0245. The fourth-order valence-electron chi connectivity index (χ4n) is 4.37. The quantitative estimate of drug-likeness (QED) is 0.235. The van der Waals surface area contributed by atoms with Crippen molar-refractivity contribution >= 4 is 33.0 Å². The number of halogens is 1. The van der Waals surface area contributed by atoms with E-state index in [-0.39, 0.29) is 42.0 Å². The smallest absolute Gasteiger partial charge is 0.181 e. The van der Waals surface area contributed by atoms with Gasteiger partial charge in [0.25, 0.3) is 0 Å². The summed E-state index contributed by atoms with van der Waals surface area (Å²) in [4.78, 5) is 30.3. The van der Waals surface area contributed by atoms with Crippen molar-refractivity contribution in [3.05, 3.63) is 77.1 Å². The molecule has 37 heavy (non-hydrogen) atoms. The number of nitrogens with zero attached hydrogens (tertiary/aromatic N) is 1. The van der Waals surface area contributed by atoms with E-state index in [4.69, 9.17) is 14.2 Å². The van der Waals surface area contributed by atoms with E-state index in [1.54, 1.807) is 42.5 Å². The Morgan fingerprint density at radius 1 is 1.03 bits per heavy atom. The van der Waals surface area contributed by atoms with Gasteiger partial charge in [-0.15, -0.1) is 11.3 Å². The van der Waals surface area contributed by atoms with E-state index in [0.29, 0.717) is 40.7 Å². The number of thiophene rings is 1. The maximum Gasteiger partial charge on any atom is 0.181 e. The molecule has 3 heterocycles. The first-order chi connectivity index (χ1) is 18.0. The third kappa shape index (κ3) is 5.55. The summed E-state index contributed by atoms with van der Waals surface area (Å²) in [5.41, 5.74) is 2.11. The number of aromatic nitrogens is 1. The van der Waals surface area contributed by atoms with E-state index in [9.17, 15) is 14.0 Å². The van der Waals surface area contributed by atoms with Gasteiger partial charge < -0.3 is 14.2 Å².